The maximum atomic E-state index is 13.9. The van der Waals surface area contributed by atoms with Gasteiger partial charge in [0.2, 0.25) is 10.0 Å². The summed E-state index contributed by atoms with van der Waals surface area (Å²) in [4.78, 5) is 1.50. The van der Waals surface area contributed by atoms with Gasteiger partial charge in [-0.2, -0.15) is 4.31 Å². The van der Waals surface area contributed by atoms with Gasteiger partial charge in [0.05, 0.1) is 0 Å². The van der Waals surface area contributed by atoms with Crippen molar-refractivity contribution < 1.29 is 17.2 Å². The minimum absolute atomic E-state index is 0.0273. The zero-order chi connectivity index (χ0) is 18.9. The molecule has 2 aromatic carbocycles. The first-order valence-corrected chi connectivity index (χ1v) is 10.1. The molecule has 1 saturated heterocycles. The second-order valence-corrected chi connectivity index (χ2v) is 8.53. The fourth-order valence-corrected chi connectivity index (χ4v) is 4.95. The Morgan fingerprint density at radius 1 is 1.04 bits per heavy atom. The zero-order valence-corrected chi connectivity index (χ0v) is 15.8. The standard InChI is InChI=1S/C18H19ClF2N2O2S/c1-13(15-4-2-3-5-16(15)19)22-8-10-23(11-9-22)26(24,25)18-12-14(20)6-7-17(18)21/h2-7,12-13H,8-11H2,1H3/t13-/m0/s1. The second kappa shape index (κ2) is 7.60. The first-order chi connectivity index (χ1) is 12.3. The molecule has 0 radical (unpaired) electrons. The first-order valence-electron chi connectivity index (χ1n) is 8.24. The molecule has 1 fully saturated rings. The lowest BCUT2D eigenvalue weighted by atomic mass is 10.1. The Bertz CT molecular complexity index is 900. The van der Waals surface area contributed by atoms with E-state index in [2.05, 4.69) is 4.90 Å². The van der Waals surface area contributed by atoms with Crippen LogP contribution in [-0.2, 0) is 10.0 Å². The molecule has 1 atom stereocenters. The van der Waals surface area contributed by atoms with Crippen molar-refractivity contribution in [1.82, 2.24) is 9.21 Å². The molecule has 2 aromatic rings. The van der Waals surface area contributed by atoms with Gasteiger partial charge in [-0.15, -0.1) is 0 Å². The second-order valence-electron chi connectivity index (χ2n) is 6.21. The highest BCUT2D eigenvalue weighted by Crippen LogP contribution is 2.29. The highest BCUT2D eigenvalue weighted by atomic mass is 35.5. The molecule has 0 bridgehead atoms. The third-order valence-corrected chi connectivity index (χ3v) is 6.95. The van der Waals surface area contributed by atoms with E-state index in [9.17, 15) is 17.2 Å². The summed E-state index contributed by atoms with van der Waals surface area (Å²) in [5.41, 5.74) is 0.974. The molecule has 140 valence electrons. The van der Waals surface area contributed by atoms with Crippen LogP contribution < -0.4 is 0 Å². The van der Waals surface area contributed by atoms with Crippen LogP contribution in [0.1, 0.15) is 18.5 Å². The van der Waals surface area contributed by atoms with E-state index in [1.165, 1.54) is 4.31 Å². The lowest BCUT2D eigenvalue weighted by Crippen LogP contribution is -2.49. The molecular formula is C18H19ClF2N2O2S. The third-order valence-electron chi connectivity index (χ3n) is 4.69. The summed E-state index contributed by atoms with van der Waals surface area (Å²) < 4.78 is 53.7. The molecule has 3 rings (SSSR count). The SMILES string of the molecule is C[C@@H](c1ccccc1Cl)N1CCN(S(=O)(=O)c2cc(F)ccc2F)CC1. The average molecular weight is 401 g/mol. The fraction of sp³-hybridized carbons (Fsp3) is 0.333. The number of hydrogen-bond acceptors (Lipinski definition) is 3. The van der Waals surface area contributed by atoms with Crippen molar-refractivity contribution in [2.45, 2.75) is 17.9 Å². The summed E-state index contributed by atoms with van der Waals surface area (Å²) in [6.07, 6.45) is 0. The van der Waals surface area contributed by atoms with Gasteiger partial charge in [0, 0.05) is 37.2 Å². The molecule has 1 heterocycles. The number of hydrogen-bond donors (Lipinski definition) is 0. The van der Waals surface area contributed by atoms with Gasteiger partial charge in [0.25, 0.3) is 0 Å². The highest BCUT2D eigenvalue weighted by molar-refractivity contribution is 7.89. The van der Waals surface area contributed by atoms with E-state index in [4.69, 9.17) is 11.6 Å². The van der Waals surface area contributed by atoms with E-state index in [1.807, 2.05) is 31.2 Å². The largest absolute Gasteiger partial charge is 0.294 e. The van der Waals surface area contributed by atoms with E-state index in [0.717, 1.165) is 23.8 Å². The van der Waals surface area contributed by atoms with E-state index in [-0.39, 0.29) is 19.1 Å². The van der Waals surface area contributed by atoms with E-state index < -0.39 is 26.6 Å². The van der Waals surface area contributed by atoms with Gasteiger partial charge in [0.1, 0.15) is 16.5 Å². The topological polar surface area (TPSA) is 40.6 Å². The first kappa shape index (κ1) is 19.2. The summed E-state index contributed by atoms with van der Waals surface area (Å²) in [7, 11) is -4.07. The predicted molar refractivity (Wildman–Crippen MR) is 96.6 cm³/mol. The van der Waals surface area contributed by atoms with Crippen molar-refractivity contribution in [3.8, 4) is 0 Å². The lowest BCUT2D eigenvalue weighted by molar-refractivity contribution is 0.145. The van der Waals surface area contributed by atoms with Gasteiger partial charge in [-0.1, -0.05) is 29.8 Å². The molecule has 26 heavy (non-hydrogen) atoms. The molecule has 0 N–H and O–H groups in total. The Balaban J connectivity index is 1.74. The molecule has 1 aliphatic rings. The number of piperazine rings is 1. The maximum absolute atomic E-state index is 13.9. The van der Waals surface area contributed by atoms with Gasteiger partial charge in [-0.05, 0) is 36.8 Å². The Morgan fingerprint density at radius 2 is 1.69 bits per heavy atom. The smallest absolute Gasteiger partial charge is 0.246 e. The van der Waals surface area contributed by atoms with Crippen LogP contribution in [0.4, 0.5) is 8.78 Å². The average Bonchev–Trinajstić information content (AvgIpc) is 2.63. The van der Waals surface area contributed by atoms with Crippen LogP contribution in [0.15, 0.2) is 47.4 Å². The van der Waals surface area contributed by atoms with Gasteiger partial charge >= 0.3 is 0 Å². The lowest BCUT2D eigenvalue weighted by Gasteiger charge is -2.37. The van der Waals surface area contributed by atoms with Crippen molar-refractivity contribution in [1.29, 1.82) is 0 Å². The molecule has 0 aromatic heterocycles. The quantitative estimate of drug-likeness (QED) is 0.786. The van der Waals surface area contributed by atoms with Crippen molar-refractivity contribution >= 4 is 21.6 Å². The summed E-state index contributed by atoms with van der Waals surface area (Å²) in [6, 6.07) is 10.0. The molecule has 8 heteroatoms. The molecule has 4 nitrogen and oxygen atoms in total. The monoisotopic (exact) mass is 400 g/mol. The van der Waals surface area contributed by atoms with Crippen LogP contribution in [-0.4, -0.2) is 43.8 Å². The number of halogens is 3. The molecule has 1 aliphatic heterocycles. The summed E-state index contributed by atoms with van der Waals surface area (Å²) >= 11 is 6.24. The van der Waals surface area contributed by atoms with Gasteiger partial charge < -0.3 is 0 Å². The summed E-state index contributed by atoms with van der Waals surface area (Å²) in [5, 5.41) is 0.664. The van der Waals surface area contributed by atoms with Crippen LogP contribution in [0.5, 0.6) is 0 Å². The predicted octanol–water partition coefficient (Wildman–Crippen LogP) is 3.69. The number of benzene rings is 2. The van der Waals surface area contributed by atoms with E-state index >= 15 is 0 Å². The highest BCUT2D eigenvalue weighted by Gasteiger charge is 2.32. The van der Waals surface area contributed by atoms with Crippen molar-refractivity contribution in [2.75, 3.05) is 26.2 Å². The third kappa shape index (κ3) is 3.76. The minimum atomic E-state index is -4.07. The molecule has 0 aliphatic carbocycles. The normalized spacial score (nSPS) is 18.0. The maximum Gasteiger partial charge on any atom is 0.246 e. The van der Waals surface area contributed by atoms with Gasteiger partial charge in [-0.3, -0.25) is 4.90 Å². The number of sulfonamides is 1. The zero-order valence-electron chi connectivity index (χ0n) is 14.2. The van der Waals surface area contributed by atoms with Crippen molar-refractivity contribution in [2.24, 2.45) is 0 Å². The van der Waals surface area contributed by atoms with Gasteiger partial charge in [-0.25, -0.2) is 17.2 Å². The van der Waals surface area contributed by atoms with Crippen molar-refractivity contribution in [3.63, 3.8) is 0 Å². The molecule has 0 amide bonds. The molecule has 0 unspecified atom stereocenters. The minimum Gasteiger partial charge on any atom is -0.294 e. The van der Waals surface area contributed by atoms with E-state index in [1.54, 1.807) is 0 Å². The number of rotatable bonds is 4. The van der Waals surface area contributed by atoms with Crippen LogP contribution >= 0.6 is 11.6 Å². The van der Waals surface area contributed by atoms with E-state index in [0.29, 0.717) is 18.1 Å². The Hall–Kier alpha value is -1.54. The summed E-state index contributed by atoms with van der Waals surface area (Å²) in [5.74, 6) is -1.73. The molecule has 0 spiro atoms. The fourth-order valence-electron chi connectivity index (χ4n) is 3.16. The Labute approximate surface area is 157 Å². The number of nitrogens with zero attached hydrogens (tertiary/aromatic N) is 2. The van der Waals surface area contributed by atoms with Crippen LogP contribution in [0.25, 0.3) is 0 Å². The Kier molecular flexibility index (Phi) is 5.62. The van der Waals surface area contributed by atoms with Gasteiger partial charge in [0.15, 0.2) is 0 Å². The molecule has 0 saturated carbocycles. The molecular weight excluding hydrogens is 382 g/mol. The van der Waals surface area contributed by atoms with Crippen LogP contribution in [0.2, 0.25) is 5.02 Å². The van der Waals surface area contributed by atoms with Crippen molar-refractivity contribution in [3.05, 3.63) is 64.7 Å². The van der Waals surface area contributed by atoms with Crippen LogP contribution in [0.3, 0.4) is 0 Å². The van der Waals surface area contributed by atoms with Crippen LogP contribution in [0, 0.1) is 11.6 Å². The Morgan fingerprint density at radius 3 is 2.35 bits per heavy atom. The summed E-state index contributed by atoms with van der Waals surface area (Å²) in [6.45, 7) is 3.36.